The molecule has 0 atom stereocenters. The van der Waals surface area contributed by atoms with Crippen LogP contribution in [0.15, 0.2) is 200 Å². The number of fused-ring (bicyclic) bond motifs is 9. The van der Waals surface area contributed by atoms with E-state index in [-0.39, 0.29) is 0 Å². The molecule has 1 aromatic heterocycles. The van der Waals surface area contributed by atoms with Crippen molar-refractivity contribution in [2.75, 3.05) is 4.90 Å². The molecule has 0 spiro atoms. The van der Waals surface area contributed by atoms with Crippen LogP contribution in [0, 0.1) is 0 Å². The normalized spacial score (nSPS) is 12.0. The molecule has 10 aromatic rings. The number of para-hydroxylation sites is 4. The van der Waals surface area contributed by atoms with Crippen LogP contribution in [-0.2, 0) is 0 Å². The van der Waals surface area contributed by atoms with Crippen molar-refractivity contribution in [2.24, 2.45) is 0 Å². The maximum atomic E-state index is 5.28. The highest BCUT2D eigenvalue weighted by Gasteiger charge is 2.29. The maximum absolute atomic E-state index is 5.28. The number of nitrogens with zero attached hydrogens (tertiary/aromatic N) is 3. The maximum Gasteiger partial charge on any atom is 0.220 e. The minimum atomic E-state index is 0.875. The van der Waals surface area contributed by atoms with E-state index in [0.717, 1.165) is 34.0 Å². The summed E-state index contributed by atoms with van der Waals surface area (Å²) in [5, 5.41) is 4.97. The van der Waals surface area contributed by atoms with Gasteiger partial charge in [0.15, 0.2) is 0 Å². The minimum absolute atomic E-state index is 0.875. The molecule has 11 rings (SSSR count). The Labute approximate surface area is 313 Å². The molecule has 0 aliphatic carbocycles. The minimum Gasteiger partial charge on any atom is -0.280 e. The molecule has 252 valence electrons. The average Bonchev–Trinajstić information content (AvgIpc) is 3.57. The molecule has 0 bridgehead atoms. The Morgan fingerprint density at radius 2 is 0.778 bits per heavy atom. The van der Waals surface area contributed by atoms with Gasteiger partial charge in [-0.15, -0.1) is 0 Å². The molecule has 0 unspecified atom stereocenters. The standard InChI is InChI=1S/C51H33N3/c1-2-14-34(15-3-1)35-26-28-36(29-27-35)49-41-18-4-6-20-43(41)50(44-21-7-5-19-42(44)49)37-30-32-38(33-31-37)53-46-23-11-8-16-39(46)40-17-9-12-24-47(40)54-48-25-13-10-22-45(48)52-51(53)54/h1-33H. The fourth-order valence-electron chi connectivity index (χ4n) is 8.54. The lowest BCUT2D eigenvalue weighted by Crippen LogP contribution is -2.14. The van der Waals surface area contributed by atoms with E-state index in [1.54, 1.807) is 0 Å². The quantitative estimate of drug-likeness (QED) is 0.172. The third-order valence-corrected chi connectivity index (χ3v) is 10.9. The van der Waals surface area contributed by atoms with Crippen molar-refractivity contribution in [1.82, 2.24) is 9.55 Å². The van der Waals surface area contributed by atoms with Crippen LogP contribution < -0.4 is 4.90 Å². The van der Waals surface area contributed by atoms with Gasteiger partial charge in [-0.05, 0) is 91.3 Å². The molecule has 0 fully saturated rings. The highest BCUT2D eigenvalue weighted by Crippen LogP contribution is 2.49. The summed E-state index contributed by atoms with van der Waals surface area (Å²) in [7, 11) is 0. The van der Waals surface area contributed by atoms with E-state index in [1.165, 1.54) is 66.1 Å². The van der Waals surface area contributed by atoms with Gasteiger partial charge < -0.3 is 0 Å². The van der Waals surface area contributed by atoms with Crippen molar-refractivity contribution in [1.29, 1.82) is 0 Å². The largest absolute Gasteiger partial charge is 0.280 e. The van der Waals surface area contributed by atoms with E-state index in [4.69, 9.17) is 4.98 Å². The molecular weight excluding hydrogens is 655 g/mol. The van der Waals surface area contributed by atoms with E-state index < -0.39 is 0 Å². The molecule has 2 heterocycles. The van der Waals surface area contributed by atoms with Gasteiger partial charge in [0.1, 0.15) is 0 Å². The summed E-state index contributed by atoms with van der Waals surface area (Å²) in [5.74, 6) is 0.875. The second kappa shape index (κ2) is 12.2. The fraction of sp³-hybridized carbons (Fsp3) is 0. The van der Waals surface area contributed by atoms with E-state index in [2.05, 4.69) is 210 Å². The predicted octanol–water partition coefficient (Wildman–Crippen LogP) is 13.8. The molecule has 9 aromatic carbocycles. The Hall–Kier alpha value is -7.23. The second-order valence-electron chi connectivity index (χ2n) is 13.9. The van der Waals surface area contributed by atoms with E-state index in [0.29, 0.717) is 0 Å². The van der Waals surface area contributed by atoms with Crippen LogP contribution >= 0.6 is 0 Å². The molecule has 1 aliphatic heterocycles. The number of aromatic nitrogens is 2. The van der Waals surface area contributed by atoms with Gasteiger partial charge in [0.25, 0.3) is 0 Å². The average molecular weight is 688 g/mol. The summed E-state index contributed by atoms with van der Waals surface area (Å²) in [6, 6.07) is 72.2. The summed E-state index contributed by atoms with van der Waals surface area (Å²) in [5.41, 5.74) is 15.0. The Balaban J connectivity index is 1.09. The molecule has 0 N–H and O–H groups in total. The summed E-state index contributed by atoms with van der Waals surface area (Å²) >= 11 is 0. The van der Waals surface area contributed by atoms with Crippen LogP contribution in [0.2, 0.25) is 0 Å². The summed E-state index contributed by atoms with van der Waals surface area (Å²) in [4.78, 5) is 7.60. The molecule has 0 radical (unpaired) electrons. The lowest BCUT2D eigenvalue weighted by atomic mass is 9.85. The van der Waals surface area contributed by atoms with Crippen molar-refractivity contribution in [3.05, 3.63) is 200 Å². The van der Waals surface area contributed by atoms with Gasteiger partial charge in [-0.1, -0.05) is 164 Å². The summed E-state index contributed by atoms with van der Waals surface area (Å²) in [6.45, 7) is 0. The highest BCUT2D eigenvalue weighted by atomic mass is 15.3. The van der Waals surface area contributed by atoms with Gasteiger partial charge in [-0.25, -0.2) is 4.98 Å². The molecule has 1 aliphatic rings. The number of hydrogen-bond donors (Lipinski definition) is 0. The van der Waals surface area contributed by atoms with E-state index in [9.17, 15) is 0 Å². The molecule has 0 amide bonds. The molecular formula is C51H33N3. The molecule has 3 nitrogen and oxygen atoms in total. The van der Waals surface area contributed by atoms with Gasteiger partial charge in [0, 0.05) is 16.8 Å². The monoisotopic (exact) mass is 687 g/mol. The SMILES string of the molecule is c1ccc(-c2ccc(-c3c4ccccc4c(-c4ccc(N5c6ccccc6-c6ccccc6-n6c5nc5ccccc56)cc4)c4ccccc34)cc2)cc1. The van der Waals surface area contributed by atoms with Crippen LogP contribution in [0.25, 0.3) is 82.8 Å². The first-order valence-corrected chi connectivity index (χ1v) is 18.5. The molecule has 54 heavy (non-hydrogen) atoms. The van der Waals surface area contributed by atoms with Crippen LogP contribution in [0.4, 0.5) is 17.3 Å². The smallest absolute Gasteiger partial charge is 0.220 e. The number of rotatable bonds is 4. The third-order valence-electron chi connectivity index (χ3n) is 10.9. The third kappa shape index (κ3) is 4.65. The number of anilines is 3. The topological polar surface area (TPSA) is 21.1 Å². The number of benzene rings is 9. The van der Waals surface area contributed by atoms with Crippen molar-refractivity contribution in [3.8, 4) is 50.2 Å². The van der Waals surface area contributed by atoms with E-state index in [1.807, 2.05) is 0 Å². The zero-order valence-corrected chi connectivity index (χ0v) is 29.4. The van der Waals surface area contributed by atoms with Gasteiger partial charge in [0.2, 0.25) is 5.95 Å². The Bertz CT molecular complexity index is 2970. The van der Waals surface area contributed by atoms with Gasteiger partial charge in [0.05, 0.1) is 22.4 Å². The molecule has 0 saturated carbocycles. The lowest BCUT2D eigenvalue weighted by molar-refractivity contribution is 1.05. The van der Waals surface area contributed by atoms with Crippen LogP contribution in [0.3, 0.4) is 0 Å². The Morgan fingerprint density at radius 3 is 1.41 bits per heavy atom. The van der Waals surface area contributed by atoms with Gasteiger partial charge in [-0.2, -0.15) is 0 Å². The second-order valence-corrected chi connectivity index (χ2v) is 13.9. The summed E-state index contributed by atoms with van der Waals surface area (Å²) < 4.78 is 2.31. The lowest BCUT2D eigenvalue weighted by Gasteiger charge is -2.25. The van der Waals surface area contributed by atoms with Crippen molar-refractivity contribution < 1.29 is 0 Å². The van der Waals surface area contributed by atoms with Crippen molar-refractivity contribution in [2.45, 2.75) is 0 Å². The predicted molar refractivity (Wildman–Crippen MR) is 226 cm³/mol. The molecule has 3 heteroatoms. The van der Waals surface area contributed by atoms with Crippen LogP contribution in [0.5, 0.6) is 0 Å². The zero-order valence-electron chi connectivity index (χ0n) is 29.4. The number of imidazole rings is 1. The zero-order chi connectivity index (χ0) is 35.6. The summed E-state index contributed by atoms with van der Waals surface area (Å²) in [6.07, 6.45) is 0. The van der Waals surface area contributed by atoms with E-state index >= 15 is 0 Å². The van der Waals surface area contributed by atoms with Crippen LogP contribution in [-0.4, -0.2) is 9.55 Å². The highest BCUT2D eigenvalue weighted by molar-refractivity contribution is 6.21. The van der Waals surface area contributed by atoms with Gasteiger partial charge >= 0.3 is 0 Å². The first-order chi connectivity index (χ1) is 26.8. The van der Waals surface area contributed by atoms with Crippen molar-refractivity contribution in [3.63, 3.8) is 0 Å². The van der Waals surface area contributed by atoms with Crippen molar-refractivity contribution >= 4 is 49.9 Å². The first kappa shape index (κ1) is 30.4. The Morgan fingerprint density at radius 1 is 0.333 bits per heavy atom. The first-order valence-electron chi connectivity index (χ1n) is 18.5. The van der Waals surface area contributed by atoms with Crippen LogP contribution in [0.1, 0.15) is 0 Å². The fourth-order valence-corrected chi connectivity index (χ4v) is 8.54. The number of hydrogen-bond acceptors (Lipinski definition) is 2. The molecule has 0 saturated heterocycles. The Kier molecular flexibility index (Phi) is 6.86. The van der Waals surface area contributed by atoms with Gasteiger partial charge in [-0.3, -0.25) is 9.47 Å².